The van der Waals surface area contributed by atoms with Gasteiger partial charge in [-0.2, -0.15) is 0 Å². The third-order valence-corrected chi connectivity index (χ3v) is 6.47. The second kappa shape index (κ2) is 5.12. The van der Waals surface area contributed by atoms with Gasteiger partial charge in [0.2, 0.25) is 0 Å². The standard InChI is InChI=1S/C20H29N/c1-14-3-4-15(2)17(9-14)12-20(13-21-19-7-8-19)11-16-5-6-18(20)10-16/h3-4,9,16,18-19,21H,5-8,10-13H2,1-2H3. The summed E-state index contributed by atoms with van der Waals surface area (Å²) in [6, 6.07) is 7.87. The first-order valence-electron chi connectivity index (χ1n) is 8.94. The molecule has 3 saturated carbocycles. The predicted octanol–water partition coefficient (Wildman–Crippen LogP) is 4.40. The van der Waals surface area contributed by atoms with Gasteiger partial charge in [-0.25, -0.2) is 0 Å². The van der Waals surface area contributed by atoms with Crippen LogP contribution in [-0.2, 0) is 6.42 Å². The van der Waals surface area contributed by atoms with Crippen molar-refractivity contribution < 1.29 is 0 Å². The van der Waals surface area contributed by atoms with E-state index in [1.54, 1.807) is 5.56 Å². The van der Waals surface area contributed by atoms with E-state index in [2.05, 4.69) is 37.4 Å². The van der Waals surface area contributed by atoms with Gasteiger partial charge in [-0.3, -0.25) is 0 Å². The first-order valence-corrected chi connectivity index (χ1v) is 8.94. The predicted molar refractivity (Wildman–Crippen MR) is 88.5 cm³/mol. The number of benzene rings is 1. The van der Waals surface area contributed by atoms with Gasteiger partial charge in [0.05, 0.1) is 0 Å². The van der Waals surface area contributed by atoms with Crippen molar-refractivity contribution in [1.82, 2.24) is 5.32 Å². The topological polar surface area (TPSA) is 12.0 Å². The molecule has 1 N–H and O–H groups in total. The van der Waals surface area contributed by atoms with Crippen LogP contribution in [0, 0.1) is 31.1 Å². The summed E-state index contributed by atoms with van der Waals surface area (Å²) < 4.78 is 0. The summed E-state index contributed by atoms with van der Waals surface area (Å²) in [5.41, 5.74) is 5.09. The average molecular weight is 283 g/mol. The molecular formula is C20H29N. The third kappa shape index (κ3) is 2.65. The lowest BCUT2D eigenvalue weighted by atomic mass is 9.68. The van der Waals surface area contributed by atoms with Crippen molar-refractivity contribution in [1.29, 1.82) is 0 Å². The molecule has 0 radical (unpaired) electrons. The molecule has 0 spiro atoms. The zero-order valence-corrected chi connectivity index (χ0v) is 13.6. The molecule has 0 heterocycles. The molecule has 0 saturated heterocycles. The maximum Gasteiger partial charge on any atom is 0.00684 e. The molecule has 3 fully saturated rings. The summed E-state index contributed by atoms with van der Waals surface area (Å²) in [6.07, 6.45) is 10.1. The Labute approximate surface area is 129 Å². The van der Waals surface area contributed by atoms with Gasteiger partial charge in [0.25, 0.3) is 0 Å². The molecule has 3 aliphatic rings. The summed E-state index contributed by atoms with van der Waals surface area (Å²) in [5.74, 6) is 2.01. The molecule has 3 atom stereocenters. The van der Waals surface area contributed by atoms with Crippen LogP contribution in [0.25, 0.3) is 0 Å². The van der Waals surface area contributed by atoms with Gasteiger partial charge in [-0.05, 0) is 80.8 Å². The van der Waals surface area contributed by atoms with Crippen LogP contribution in [0.1, 0.15) is 55.2 Å². The van der Waals surface area contributed by atoms with Crippen LogP contribution in [0.2, 0.25) is 0 Å². The van der Waals surface area contributed by atoms with Crippen LogP contribution < -0.4 is 5.32 Å². The number of hydrogen-bond donors (Lipinski definition) is 1. The molecule has 1 aromatic rings. The number of nitrogens with one attached hydrogen (secondary N) is 1. The van der Waals surface area contributed by atoms with E-state index in [-0.39, 0.29) is 0 Å². The van der Waals surface area contributed by atoms with Crippen molar-refractivity contribution in [2.24, 2.45) is 17.3 Å². The van der Waals surface area contributed by atoms with E-state index in [4.69, 9.17) is 0 Å². The van der Waals surface area contributed by atoms with Crippen LogP contribution in [0.5, 0.6) is 0 Å². The molecule has 4 rings (SSSR count). The molecule has 2 bridgehead atoms. The van der Waals surface area contributed by atoms with Crippen LogP contribution in [-0.4, -0.2) is 12.6 Å². The van der Waals surface area contributed by atoms with Gasteiger partial charge in [-0.1, -0.05) is 30.2 Å². The fourth-order valence-electron chi connectivity index (χ4n) is 5.06. The summed E-state index contributed by atoms with van der Waals surface area (Å²) in [6.45, 7) is 5.80. The third-order valence-electron chi connectivity index (χ3n) is 6.47. The zero-order chi connectivity index (χ0) is 14.4. The van der Waals surface area contributed by atoms with E-state index >= 15 is 0 Å². The first kappa shape index (κ1) is 13.8. The van der Waals surface area contributed by atoms with Crippen LogP contribution >= 0.6 is 0 Å². The van der Waals surface area contributed by atoms with E-state index in [1.165, 1.54) is 62.6 Å². The zero-order valence-electron chi connectivity index (χ0n) is 13.6. The fraction of sp³-hybridized carbons (Fsp3) is 0.700. The van der Waals surface area contributed by atoms with E-state index in [0.29, 0.717) is 5.41 Å². The van der Waals surface area contributed by atoms with Gasteiger partial charge in [-0.15, -0.1) is 0 Å². The summed E-state index contributed by atoms with van der Waals surface area (Å²) in [4.78, 5) is 0. The molecular weight excluding hydrogens is 254 g/mol. The second-order valence-electron chi connectivity index (χ2n) is 8.20. The van der Waals surface area contributed by atoms with Gasteiger partial charge < -0.3 is 5.32 Å². The molecule has 21 heavy (non-hydrogen) atoms. The Hall–Kier alpha value is -0.820. The summed E-state index contributed by atoms with van der Waals surface area (Å²) in [7, 11) is 0. The van der Waals surface area contributed by atoms with Crippen molar-refractivity contribution in [3.8, 4) is 0 Å². The monoisotopic (exact) mass is 283 g/mol. The summed E-state index contributed by atoms with van der Waals surface area (Å²) in [5, 5.41) is 3.88. The first-order chi connectivity index (χ1) is 10.1. The van der Waals surface area contributed by atoms with Crippen LogP contribution in [0.3, 0.4) is 0 Å². The van der Waals surface area contributed by atoms with Crippen molar-refractivity contribution >= 4 is 0 Å². The molecule has 0 amide bonds. The lowest BCUT2D eigenvalue weighted by molar-refractivity contribution is 0.155. The minimum Gasteiger partial charge on any atom is -0.313 e. The highest BCUT2D eigenvalue weighted by atomic mass is 15.0. The molecule has 1 heteroatoms. The Kier molecular flexibility index (Phi) is 3.37. The molecule has 3 aliphatic carbocycles. The summed E-state index contributed by atoms with van der Waals surface area (Å²) >= 11 is 0. The number of rotatable bonds is 5. The molecule has 3 unspecified atom stereocenters. The highest BCUT2D eigenvalue weighted by molar-refractivity contribution is 5.32. The second-order valence-corrected chi connectivity index (χ2v) is 8.20. The van der Waals surface area contributed by atoms with E-state index in [0.717, 1.165) is 17.9 Å². The van der Waals surface area contributed by atoms with Gasteiger partial charge in [0.15, 0.2) is 0 Å². The SMILES string of the molecule is Cc1ccc(C)c(CC2(CNC3CC3)CC3CCC2C3)c1. The minimum absolute atomic E-state index is 0.560. The number of hydrogen-bond acceptors (Lipinski definition) is 1. The quantitative estimate of drug-likeness (QED) is 0.844. The Balaban J connectivity index is 1.58. The molecule has 0 aliphatic heterocycles. The van der Waals surface area contributed by atoms with Crippen molar-refractivity contribution in [3.63, 3.8) is 0 Å². The van der Waals surface area contributed by atoms with Crippen LogP contribution in [0.15, 0.2) is 18.2 Å². The highest BCUT2D eigenvalue weighted by Gasteiger charge is 2.50. The smallest absolute Gasteiger partial charge is 0.00684 e. The van der Waals surface area contributed by atoms with Crippen molar-refractivity contribution in [3.05, 3.63) is 34.9 Å². The fourth-order valence-corrected chi connectivity index (χ4v) is 5.06. The maximum absolute atomic E-state index is 3.88. The highest BCUT2D eigenvalue weighted by Crippen LogP contribution is 2.57. The Morgan fingerprint density at radius 2 is 2.00 bits per heavy atom. The Morgan fingerprint density at radius 1 is 1.14 bits per heavy atom. The van der Waals surface area contributed by atoms with E-state index in [1.807, 2.05) is 0 Å². The largest absolute Gasteiger partial charge is 0.313 e. The van der Waals surface area contributed by atoms with Gasteiger partial charge in [0, 0.05) is 12.6 Å². The average Bonchev–Trinajstić information content (AvgIpc) is 3.09. The number of aryl methyl sites for hydroxylation is 2. The minimum atomic E-state index is 0.560. The molecule has 1 aromatic carbocycles. The molecule has 114 valence electrons. The van der Waals surface area contributed by atoms with Gasteiger partial charge in [0.1, 0.15) is 0 Å². The lowest BCUT2D eigenvalue weighted by Crippen LogP contribution is -2.41. The Morgan fingerprint density at radius 3 is 2.67 bits per heavy atom. The van der Waals surface area contributed by atoms with Crippen LogP contribution in [0.4, 0.5) is 0 Å². The van der Waals surface area contributed by atoms with Crippen molar-refractivity contribution in [2.45, 2.75) is 64.8 Å². The number of fused-ring (bicyclic) bond motifs is 2. The Bertz CT molecular complexity index is 531. The molecule has 0 aromatic heterocycles. The normalized spacial score (nSPS) is 34.6. The maximum atomic E-state index is 3.88. The van der Waals surface area contributed by atoms with E-state index < -0.39 is 0 Å². The van der Waals surface area contributed by atoms with Crippen molar-refractivity contribution in [2.75, 3.05) is 6.54 Å². The van der Waals surface area contributed by atoms with E-state index in [9.17, 15) is 0 Å². The molecule has 1 nitrogen and oxygen atoms in total. The van der Waals surface area contributed by atoms with Gasteiger partial charge >= 0.3 is 0 Å². The lowest BCUT2D eigenvalue weighted by Gasteiger charge is -2.39.